The van der Waals surface area contributed by atoms with Crippen LogP contribution in [0.3, 0.4) is 0 Å². The highest BCUT2D eigenvalue weighted by molar-refractivity contribution is 5.79. The molecular weight excluding hydrogens is 333 g/mol. The number of ether oxygens (including phenoxy) is 2. The molecule has 3 rings (SSSR count). The summed E-state index contributed by atoms with van der Waals surface area (Å²) >= 11 is 0. The molecule has 1 N–H and O–H groups in total. The minimum absolute atomic E-state index is 0.160. The molecule has 1 spiro atoms. The highest BCUT2D eigenvalue weighted by Gasteiger charge is 2.50. The second-order valence-corrected chi connectivity index (χ2v) is 7.63. The third-order valence-corrected chi connectivity index (χ3v) is 5.58. The van der Waals surface area contributed by atoms with Crippen LogP contribution >= 0.6 is 0 Å². The monoisotopic (exact) mass is 361 g/mol. The van der Waals surface area contributed by atoms with Gasteiger partial charge in [-0.1, -0.05) is 13.0 Å². The molecule has 0 unspecified atom stereocenters. The molecule has 2 saturated carbocycles. The van der Waals surface area contributed by atoms with Crippen LogP contribution in [0.15, 0.2) is 24.8 Å². The molecule has 26 heavy (non-hydrogen) atoms. The Morgan fingerprint density at radius 1 is 1.31 bits per heavy atom. The smallest absolute Gasteiger partial charge is 0.223 e. The Labute approximate surface area is 154 Å². The molecule has 1 aromatic carbocycles. The molecule has 1 amide bonds. The minimum atomic E-state index is -0.340. The zero-order valence-electron chi connectivity index (χ0n) is 15.5. The van der Waals surface area contributed by atoms with Gasteiger partial charge in [0.25, 0.3) is 0 Å². The fraction of sp³-hybridized carbons (Fsp3) is 0.571. The van der Waals surface area contributed by atoms with E-state index in [1.54, 1.807) is 6.07 Å². The van der Waals surface area contributed by atoms with E-state index in [4.69, 9.17) is 9.47 Å². The third-order valence-electron chi connectivity index (χ3n) is 5.58. The van der Waals surface area contributed by atoms with Crippen molar-refractivity contribution in [3.63, 3.8) is 0 Å². The van der Waals surface area contributed by atoms with Crippen LogP contribution < -0.4 is 10.1 Å². The van der Waals surface area contributed by atoms with Crippen LogP contribution in [0.25, 0.3) is 5.57 Å². The van der Waals surface area contributed by atoms with Crippen molar-refractivity contribution >= 4 is 11.5 Å². The van der Waals surface area contributed by atoms with Crippen LogP contribution in [0.4, 0.5) is 4.39 Å². The number of carbonyl (C=O) groups excluding carboxylic acids is 1. The van der Waals surface area contributed by atoms with Gasteiger partial charge in [0.1, 0.15) is 18.2 Å². The van der Waals surface area contributed by atoms with Gasteiger partial charge in [-0.15, -0.1) is 0 Å². The minimum Gasteiger partial charge on any atom is -0.490 e. The van der Waals surface area contributed by atoms with Gasteiger partial charge in [-0.05, 0) is 55.7 Å². The first-order valence-electron chi connectivity index (χ1n) is 9.43. The quantitative estimate of drug-likeness (QED) is 0.678. The van der Waals surface area contributed by atoms with Crippen molar-refractivity contribution in [3.8, 4) is 5.75 Å². The Kier molecular flexibility index (Phi) is 5.97. The molecule has 0 aliphatic heterocycles. The zero-order valence-corrected chi connectivity index (χ0v) is 15.5. The van der Waals surface area contributed by atoms with E-state index in [0.29, 0.717) is 37.5 Å². The highest BCUT2D eigenvalue weighted by atomic mass is 19.1. The average molecular weight is 361 g/mol. The topological polar surface area (TPSA) is 47.6 Å². The lowest BCUT2D eigenvalue weighted by molar-refractivity contribution is -0.137. The van der Waals surface area contributed by atoms with Gasteiger partial charge in [0.05, 0.1) is 13.2 Å². The molecule has 1 aromatic rings. The number of hydrogen-bond acceptors (Lipinski definition) is 3. The number of rotatable bonds is 9. The van der Waals surface area contributed by atoms with E-state index >= 15 is 0 Å². The van der Waals surface area contributed by atoms with E-state index < -0.39 is 0 Å². The van der Waals surface area contributed by atoms with Crippen molar-refractivity contribution < 1.29 is 18.7 Å². The first-order chi connectivity index (χ1) is 12.5. The van der Waals surface area contributed by atoms with Crippen LogP contribution in [0.5, 0.6) is 5.75 Å². The number of amides is 1. The van der Waals surface area contributed by atoms with E-state index in [9.17, 15) is 9.18 Å². The summed E-state index contributed by atoms with van der Waals surface area (Å²) in [6.45, 7) is 7.39. The summed E-state index contributed by atoms with van der Waals surface area (Å²) in [6, 6.07) is 4.42. The van der Waals surface area contributed by atoms with E-state index in [1.165, 1.54) is 31.4 Å². The van der Waals surface area contributed by atoms with Gasteiger partial charge >= 0.3 is 0 Å². The Balaban J connectivity index is 1.26. The fourth-order valence-electron chi connectivity index (χ4n) is 3.93. The zero-order chi connectivity index (χ0) is 18.6. The normalized spacial score (nSPS) is 18.1. The molecule has 2 fully saturated rings. The molecule has 0 heterocycles. The molecule has 0 atom stereocenters. The van der Waals surface area contributed by atoms with E-state index in [1.807, 2.05) is 6.92 Å². The van der Waals surface area contributed by atoms with Crippen molar-refractivity contribution in [2.45, 2.75) is 39.0 Å². The summed E-state index contributed by atoms with van der Waals surface area (Å²) in [7, 11) is 0. The van der Waals surface area contributed by atoms with Crippen molar-refractivity contribution in [1.29, 1.82) is 0 Å². The predicted octanol–water partition coefficient (Wildman–Crippen LogP) is 3.95. The molecule has 0 saturated heterocycles. The maximum atomic E-state index is 13.4. The lowest BCUT2D eigenvalue weighted by Gasteiger charge is -2.53. The van der Waals surface area contributed by atoms with E-state index in [2.05, 4.69) is 11.9 Å². The van der Waals surface area contributed by atoms with E-state index in [-0.39, 0.29) is 17.6 Å². The predicted molar refractivity (Wildman–Crippen MR) is 99.4 cm³/mol. The Morgan fingerprint density at radius 3 is 2.73 bits per heavy atom. The number of nitrogens with one attached hydrogen (secondary N) is 1. The number of hydrogen-bond donors (Lipinski definition) is 1. The Morgan fingerprint density at radius 2 is 2.08 bits per heavy atom. The molecule has 5 heteroatoms. The Bertz CT molecular complexity index is 661. The van der Waals surface area contributed by atoms with Gasteiger partial charge in [0, 0.05) is 24.1 Å². The lowest BCUT2D eigenvalue weighted by Crippen LogP contribution is -2.49. The summed E-state index contributed by atoms with van der Waals surface area (Å²) in [6.07, 6.45) is 6.06. The maximum absolute atomic E-state index is 13.4. The molecule has 2 aliphatic carbocycles. The molecule has 4 nitrogen and oxygen atoms in total. The first-order valence-corrected chi connectivity index (χ1v) is 9.43. The second kappa shape index (κ2) is 8.21. The van der Waals surface area contributed by atoms with Gasteiger partial charge in [-0.25, -0.2) is 4.39 Å². The third kappa shape index (κ3) is 4.44. The van der Waals surface area contributed by atoms with Crippen LogP contribution in [0, 0.1) is 17.2 Å². The number of halogens is 1. The van der Waals surface area contributed by atoms with Crippen LogP contribution in [-0.4, -0.2) is 32.3 Å². The summed E-state index contributed by atoms with van der Waals surface area (Å²) < 4.78 is 24.4. The summed E-state index contributed by atoms with van der Waals surface area (Å²) in [5.41, 5.74) is 2.14. The summed E-state index contributed by atoms with van der Waals surface area (Å²) in [4.78, 5) is 12.0. The molecular formula is C21H28FNO3. The Hall–Kier alpha value is -1.88. The number of carbonyl (C=O) groups is 1. The number of benzene rings is 1. The van der Waals surface area contributed by atoms with Crippen molar-refractivity contribution in [1.82, 2.24) is 5.32 Å². The highest BCUT2D eigenvalue weighted by Crippen LogP contribution is 2.58. The van der Waals surface area contributed by atoms with Crippen LogP contribution in [-0.2, 0) is 9.53 Å². The molecule has 0 aromatic heterocycles. The largest absolute Gasteiger partial charge is 0.490 e. The summed E-state index contributed by atoms with van der Waals surface area (Å²) in [5, 5.41) is 2.94. The maximum Gasteiger partial charge on any atom is 0.223 e. The summed E-state index contributed by atoms with van der Waals surface area (Å²) in [5.74, 6) is 0.498. The molecule has 0 radical (unpaired) electrons. The SMILES string of the molecule is C=C(C)c1ccc(F)cc1OCCOCCNC(=O)C1CC2(CCC2)C1. The lowest BCUT2D eigenvalue weighted by atomic mass is 9.51. The van der Waals surface area contributed by atoms with Crippen molar-refractivity contribution in [2.24, 2.45) is 11.3 Å². The van der Waals surface area contributed by atoms with Crippen molar-refractivity contribution in [2.75, 3.05) is 26.4 Å². The molecule has 2 aliphatic rings. The average Bonchev–Trinajstić information content (AvgIpc) is 2.51. The van der Waals surface area contributed by atoms with Gasteiger partial charge in [0.15, 0.2) is 0 Å². The number of allylic oxidation sites excluding steroid dienone is 1. The van der Waals surface area contributed by atoms with Gasteiger partial charge in [0.2, 0.25) is 5.91 Å². The van der Waals surface area contributed by atoms with Crippen molar-refractivity contribution in [3.05, 3.63) is 36.2 Å². The van der Waals surface area contributed by atoms with Gasteiger partial charge in [-0.2, -0.15) is 0 Å². The van der Waals surface area contributed by atoms with Gasteiger partial charge < -0.3 is 14.8 Å². The standard InChI is InChI=1S/C21H28FNO3/c1-15(2)18-5-4-17(22)12-19(18)26-11-10-25-9-8-23-20(24)16-13-21(14-16)6-3-7-21/h4-5,12,16H,1,3,6-11,13-14H2,2H3,(H,23,24). The fourth-order valence-corrected chi connectivity index (χ4v) is 3.93. The van der Waals surface area contributed by atoms with Gasteiger partial charge in [-0.3, -0.25) is 4.79 Å². The van der Waals surface area contributed by atoms with Crippen LogP contribution in [0.2, 0.25) is 0 Å². The van der Waals surface area contributed by atoms with E-state index in [0.717, 1.165) is 24.0 Å². The van der Waals surface area contributed by atoms with Crippen LogP contribution in [0.1, 0.15) is 44.6 Å². The molecule has 142 valence electrons. The second-order valence-electron chi connectivity index (χ2n) is 7.63. The molecule has 0 bridgehead atoms. The first kappa shape index (κ1) is 18.9.